The first kappa shape index (κ1) is 20.4. The highest BCUT2D eigenvalue weighted by molar-refractivity contribution is 9.10. The lowest BCUT2D eigenvalue weighted by Crippen LogP contribution is -2.22. The lowest BCUT2D eigenvalue weighted by molar-refractivity contribution is -0.138. The third kappa shape index (κ3) is 5.29. The van der Waals surface area contributed by atoms with Gasteiger partial charge in [0.2, 0.25) is 0 Å². The molecule has 0 heterocycles. The zero-order valence-electron chi connectivity index (χ0n) is 12.9. The summed E-state index contributed by atoms with van der Waals surface area (Å²) < 4.78 is 71.0. The monoisotopic (exact) mass is 441 g/mol. The Labute approximate surface area is 153 Å². The minimum atomic E-state index is -4.89. The van der Waals surface area contributed by atoms with Crippen LogP contribution in [0, 0.1) is 11.6 Å². The first-order valence-corrected chi connectivity index (χ1v) is 7.97. The maximum Gasteiger partial charge on any atom is 0.416 e. The van der Waals surface area contributed by atoms with Gasteiger partial charge in [0.1, 0.15) is 5.75 Å². The van der Waals surface area contributed by atoms with Gasteiger partial charge in [-0.3, -0.25) is 0 Å². The molecule has 10 heteroatoms. The smallest absolute Gasteiger partial charge is 0.416 e. The van der Waals surface area contributed by atoms with Gasteiger partial charge in [0.15, 0.2) is 17.4 Å². The van der Waals surface area contributed by atoms with Gasteiger partial charge in [0.25, 0.3) is 0 Å². The standard InChI is InChI=1S/C16H13BrF5NO3/c17-9-3-10(23-6-11(25)7-24)5-12(4-9)26-15-13(18)1-8(2-14(15)19)16(20,21)22/h1-5,11,23-25H,6-7H2. The number of rotatable bonds is 6. The van der Waals surface area contributed by atoms with Crippen LogP contribution >= 0.6 is 15.9 Å². The first-order chi connectivity index (χ1) is 12.1. The molecule has 0 spiro atoms. The zero-order valence-corrected chi connectivity index (χ0v) is 14.5. The molecule has 0 amide bonds. The van der Waals surface area contributed by atoms with E-state index in [4.69, 9.17) is 9.84 Å². The largest absolute Gasteiger partial charge is 0.451 e. The third-order valence-corrected chi connectivity index (χ3v) is 3.63. The molecule has 1 unspecified atom stereocenters. The third-order valence-electron chi connectivity index (χ3n) is 3.17. The molecule has 0 radical (unpaired) electrons. The summed E-state index contributed by atoms with van der Waals surface area (Å²) in [6, 6.07) is 4.53. The van der Waals surface area contributed by atoms with Gasteiger partial charge in [0.05, 0.1) is 18.3 Å². The minimum absolute atomic E-state index is 0.00457. The Hall–Kier alpha value is -1.91. The van der Waals surface area contributed by atoms with Crippen molar-refractivity contribution >= 4 is 21.6 Å². The van der Waals surface area contributed by atoms with E-state index in [0.717, 1.165) is 0 Å². The maximum absolute atomic E-state index is 13.9. The van der Waals surface area contributed by atoms with Crippen molar-refractivity contribution in [1.29, 1.82) is 0 Å². The molecule has 0 aromatic heterocycles. The summed E-state index contributed by atoms with van der Waals surface area (Å²) in [6.07, 6.45) is -5.91. The predicted molar refractivity (Wildman–Crippen MR) is 87.2 cm³/mol. The molecule has 0 saturated heterocycles. The van der Waals surface area contributed by atoms with Gasteiger partial charge in [-0.2, -0.15) is 13.2 Å². The number of ether oxygens (including phenoxy) is 1. The second kappa shape index (κ2) is 8.19. The van der Waals surface area contributed by atoms with Crippen molar-refractivity contribution in [3.05, 3.63) is 52.0 Å². The highest BCUT2D eigenvalue weighted by atomic mass is 79.9. The van der Waals surface area contributed by atoms with E-state index in [-0.39, 0.29) is 24.4 Å². The van der Waals surface area contributed by atoms with Crippen molar-refractivity contribution < 1.29 is 36.9 Å². The topological polar surface area (TPSA) is 61.7 Å². The van der Waals surface area contributed by atoms with Crippen LogP contribution in [0.15, 0.2) is 34.8 Å². The summed E-state index contributed by atoms with van der Waals surface area (Å²) in [6.45, 7) is -0.471. The quantitative estimate of drug-likeness (QED) is 0.584. The molecule has 0 aliphatic heterocycles. The van der Waals surface area contributed by atoms with Crippen molar-refractivity contribution in [2.45, 2.75) is 12.3 Å². The average molecular weight is 442 g/mol. The Balaban J connectivity index is 2.27. The van der Waals surface area contributed by atoms with Crippen LogP contribution in [0.25, 0.3) is 0 Å². The van der Waals surface area contributed by atoms with Gasteiger partial charge in [-0.05, 0) is 24.3 Å². The van der Waals surface area contributed by atoms with Crippen LogP contribution in [0.5, 0.6) is 11.5 Å². The van der Waals surface area contributed by atoms with Crippen LogP contribution in [0.3, 0.4) is 0 Å². The van der Waals surface area contributed by atoms with Crippen molar-refractivity contribution in [3.63, 3.8) is 0 Å². The molecule has 3 N–H and O–H groups in total. The summed E-state index contributed by atoms with van der Waals surface area (Å²) in [5, 5.41) is 20.8. The van der Waals surface area contributed by atoms with E-state index >= 15 is 0 Å². The van der Waals surface area contributed by atoms with E-state index < -0.39 is 41.8 Å². The fourth-order valence-electron chi connectivity index (χ4n) is 1.96. The van der Waals surface area contributed by atoms with Crippen LogP contribution < -0.4 is 10.1 Å². The number of hydrogen-bond donors (Lipinski definition) is 3. The van der Waals surface area contributed by atoms with Crippen LogP contribution in [0.4, 0.5) is 27.6 Å². The van der Waals surface area contributed by atoms with Crippen LogP contribution in [-0.2, 0) is 6.18 Å². The van der Waals surface area contributed by atoms with E-state index in [2.05, 4.69) is 21.2 Å². The van der Waals surface area contributed by atoms with E-state index in [9.17, 15) is 27.1 Å². The Morgan fingerprint density at radius 1 is 1.08 bits per heavy atom. The van der Waals surface area contributed by atoms with E-state index in [1.165, 1.54) is 12.1 Å². The molecule has 1 atom stereocenters. The summed E-state index contributed by atoms with van der Waals surface area (Å²) in [5.41, 5.74) is -1.08. The molecule has 2 rings (SSSR count). The number of nitrogens with one attached hydrogen (secondary N) is 1. The average Bonchev–Trinajstić information content (AvgIpc) is 2.54. The van der Waals surface area contributed by atoms with Crippen molar-refractivity contribution in [2.24, 2.45) is 0 Å². The number of alkyl halides is 3. The second-order valence-electron chi connectivity index (χ2n) is 5.26. The molecular weight excluding hydrogens is 429 g/mol. The van der Waals surface area contributed by atoms with E-state index in [1.54, 1.807) is 6.07 Å². The fraction of sp³-hybridized carbons (Fsp3) is 0.250. The van der Waals surface area contributed by atoms with E-state index in [1.807, 2.05) is 0 Å². The van der Waals surface area contributed by atoms with Gasteiger partial charge in [-0.25, -0.2) is 8.78 Å². The SMILES string of the molecule is OCC(O)CNc1cc(Br)cc(Oc2c(F)cc(C(F)(F)F)cc2F)c1. The van der Waals surface area contributed by atoms with Gasteiger partial charge in [-0.15, -0.1) is 0 Å². The van der Waals surface area contributed by atoms with E-state index in [0.29, 0.717) is 10.2 Å². The fourth-order valence-corrected chi connectivity index (χ4v) is 2.44. The minimum Gasteiger partial charge on any atom is -0.451 e. The summed E-state index contributed by atoms with van der Waals surface area (Å²) >= 11 is 3.16. The number of hydrogen-bond acceptors (Lipinski definition) is 4. The highest BCUT2D eigenvalue weighted by Gasteiger charge is 2.33. The molecule has 2 aromatic rings. The Kier molecular flexibility index (Phi) is 6.43. The summed E-state index contributed by atoms with van der Waals surface area (Å²) in [7, 11) is 0. The molecule has 0 aliphatic rings. The number of aliphatic hydroxyl groups is 2. The van der Waals surface area contributed by atoms with Gasteiger partial charge < -0.3 is 20.3 Å². The molecule has 0 bridgehead atoms. The number of aliphatic hydroxyl groups excluding tert-OH is 2. The lowest BCUT2D eigenvalue weighted by Gasteiger charge is -2.14. The Morgan fingerprint density at radius 2 is 1.69 bits per heavy atom. The number of benzene rings is 2. The molecule has 2 aromatic carbocycles. The lowest BCUT2D eigenvalue weighted by atomic mass is 10.2. The molecule has 0 saturated carbocycles. The first-order valence-electron chi connectivity index (χ1n) is 7.17. The zero-order chi connectivity index (χ0) is 19.5. The summed E-state index contributed by atoms with van der Waals surface area (Å²) in [4.78, 5) is 0. The Morgan fingerprint density at radius 3 is 2.23 bits per heavy atom. The summed E-state index contributed by atoms with van der Waals surface area (Å²) in [5.74, 6) is -4.03. The van der Waals surface area contributed by atoms with Crippen LogP contribution in [0.2, 0.25) is 0 Å². The predicted octanol–water partition coefficient (Wildman–Crippen LogP) is 4.30. The van der Waals surface area contributed by atoms with Crippen LogP contribution in [0.1, 0.15) is 5.56 Å². The van der Waals surface area contributed by atoms with Crippen molar-refractivity contribution in [2.75, 3.05) is 18.5 Å². The number of anilines is 1. The second-order valence-corrected chi connectivity index (χ2v) is 6.18. The molecule has 0 aliphatic carbocycles. The normalized spacial score (nSPS) is 12.8. The molecule has 4 nitrogen and oxygen atoms in total. The Bertz CT molecular complexity index is 762. The molecule has 142 valence electrons. The van der Waals surface area contributed by atoms with Gasteiger partial charge in [-0.1, -0.05) is 15.9 Å². The van der Waals surface area contributed by atoms with Gasteiger partial charge in [0, 0.05) is 22.8 Å². The van der Waals surface area contributed by atoms with Gasteiger partial charge >= 0.3 is 6.18 Å². The molecular formula is C16H13BrF5NO3. The van der Waals surface area contributed by atoms with Crippen molar-refractivity contribution in [3.8, 4) is 11.5 Å². The highest BCUT2D eigenvalue weighted by Crippen LogP contribution is 2.36. The molecule has 0 fully saturated rings. The number of halogens is 6. The molecule has 26 heavy (non-hydrogen) atoms. The van der Waals surface area contributed by atoms with Crippen LogP contribution in [-0.4, -0.2) is 29.5 Å². The van der Waals surface area contributed by atoms with Crippen molar-refractivity contribution in [1.82, 2.24) is 0 Å². The maximum atomic E-state index is 13.9.